The van der Waals surface area contributed by atoms with E-state index in [4.69, 9.17) is 5.14 Å². The summed E-state index contributed by atoms with van der Waals surface area (Å²) < 4.78 is 23.7. The van der Waals surface area contributed by atoms with Crippen LogP contribution in [0, 0.1) is 0 Å². The van der Waals surface area contributed by atoms with E-state index in [-0.39, 0.29) is 5.91 Å². The molecule has 0 aromatic heterocycles. The van der Waals surface area contributed by atoms with Crippen LogP contribution in [0.1, 0.15) is 93.8 Å². The van der Waals surface area contributed by atoms with E-state index in [9.17, 15) is 13.2 Å². The predicted octanol–water partition coefficient (Wildman–Crippen LogP) is 4.84. The van der Waals surface area contributed by atoms with Crippen LogP contribution in [0.4, 0.5) is 0 Å². The molecule has 1 aromatic rings. The lowest BCUT2D eigenvalue weighted by Gasteiger charge is -2.05. The van der Waals surface area contributed by atoms with Gasteiger partial charge in [0, 0.05) is 18.7 Å². The Balaban J connectivity index is 1.79. The summed E-state index contributed by atoms with van der Waals surface area (Å²) in [4.78, 5) is 11.9. The maximum atomic E-state index is 11.9. The number of nitrogens with two attached hydrogens (primary N) is 1. The number of carbonyl (C=O) groups excluding carboxylic acids is 1. The number of amides is 1. The third-order valence-electron chi connectivity index (χ3n) is 5.14. The first-order chi connectivity index (χ1) is 15.0. The number of hydrogen-bond acceptors (Lipinski definition) is 3. The Morgan fingerprint density at radius 1 is 0.742 bits per heavy atom. The summed E-state index contributed by atoms with van der Waals surface area (Å²) >= 11 is 0. The molecule has 0 bridgehead atoms. The third kappa shape index (κ3) is 17.7. The van der Waals surface area contributed by atoms with Crippen molar-refractivity contribution in [3.8, 4) is 0 Å². The van der Waals surface area contributed by atoms with Crippen molar-refractivity contribution >= 4 is 16.1 Å². The molecule has 0 spiro atoms. The van der Waals surface area contributed by atoms with E-state index in [0.717, 1.165) is 50.6 Å². The number of nitrogens with one attached hydrogen (secondary N) is 2. The van der Waals surface area contributed by atoms with Gasteiger partial charge in [-0.1, -0.05) is 75.3 Å². The van der Waals surface area contributed by atoms with Crippen molar-refractivity contribution in [1.29, 1.82) is 0 Å². The van der Waals surface area contributed by atoms with E-state index in [1.165, 1.54) is 44.9 Å². The van der Waals surface area contributed by atoms with E-state index < -0.39 is 10.2 Å². The van der Waals surface area contributed by atoms with Gasteiger partial charge in [-0.3, -0.25) is 4.79 Å². The molecule has 0 aliphatic carbocycles. The number of hydrogen-bond donors (Lipinski definition) is 3. The molecule has 7 heteroatoms. The fourth-order valence-corrected chi connectivity index (χ4v) is 3.78. The van der Waals surface area contributed by atoms with Crippen LogP contribution in [0.5, 0.6) is 0 Å². The van der Waals surface area contributed by atoms with Crippen LogP contribution < -0.4 is 15.2 Å². The minimum absolute atomic E-state index is 0.0184. The zero-order valence-electron chi connectivity index (χ0n) is 18.9. The minimum Gasteiger partial charge on any atom is -0.352 e. The molecule has 0 saturated carbocycles. The monoisotopic (exact) mass is 451 g/mol. The Hall–Kier alpha value is -1.70. The van der Waals surface area contributed by atoms with Crippen LogP contribution in [0.25, 0.3) is 0 Å². The number of benzene rings is 1. The van der Waals surface area contributed by atoms with Gasteiger partial charge in [-0.15, -0.1) is 0 Å². The average Bonchev–Trinajstić information content (AvgIpc) is 2.75. The van der Waals surface area contributed by atoms with E-state index >= 15 is 0 Å². The third-order valence-corrected chi connectivity index (χ3v) is 5.74. The molecule has 1 amide bonds. The molecule has 1 rings (SSSR count). The second kappa shape index (κ2) is 17.9. The van der Waals surface area contributed by atoms with Crippen molar-refractivity contribution in [3.05, 3.63) is 48.0 Å². The Bertz CT molecular complexity index is 706. The Labute approximate surface area is 189 Å². The van der Waals surface area contributed by atoms with E-state index in [1.54, 1.807) is 0 Å². The van der Waals surface area contributed by atoms with Gasteiger partial charge in [0.15, 0.2) is 0 Å². The SMILES string of the molecule is NS(=O)(=O)NCCCCCCC/C=C\CCCCCCCCNC(=O)c1ccccc1. The highest BCUT2D eigenvalue weighted by Gasteiger charge is 2.02. The van der Waals surface area contributed by atoms with Gasteiger partial charge >= 0.3 is 0 Å². The molecule has 0 atom stereocenters. The Morgan fingerprint density at radius 2 is 1.23 bits per heavy atom. The van der Waals surface area contributed by atoms with Gasteiger partial charge in [0.2, 0.25) is 0 Å². The Morgan fingerprint density at radius 3 is 1.77 bits per heavy atom. The zero-order valence-corrected chi connectivity index (χ0v) is 19.7. The second-order valence-corrected chi connectivity index (χ2v) is 9.38. The first kappa shape index (κ1) is 27.3. The van der Waals surface area contributed by atoms with E-state index in [2.05, 4.69) is 22.2 Å². The zero-order chi connectivity index (χ0) is 22.6. The molecule has 31 heavy (non-hydrogen) atoms. The largest absolute Gasteiger partial charge is 0.352 e. The minimum atomic E-state index is -3.53. The standard InChI is InChI=1S/C24H41N3O3S/c25-31(29,30)27-22-18-13-11-9-7-5-3-1-2-4-6-8-10-12-17-21-26-24(28)23-19-15-14-16-20-23/h1,3,14-16,19-20,27H,2,4-13,17-18,21-22H2,(H,26,28)(H2,25,29,30)/b3-1-. The van der Waals surface area contributed by atoms with Crippen molar-refractivity contribution in [2.24, 2.45) is 5.14 Å². The maximum absolute atomic E-state index is 11.9. The number of unbranched alkanes of at least 4 members (excludes halogenated alkanes) is 11. The first-order valence-corrected chi connectivity index (χ1v) is 13.3. The van der Waals surface area contributed by atoms with Crippen LogP contribution >= 0.6 is 0 Å². The number of rotatable bonds is 19. The molecular formula is C24H41N3O3S. The quantitative estimate of drug-likeness (QED) is 0.207. The van der Waals surface area contributed by atoms with Crippen LogP contribution in [-0.4, -0.2) is 27.4 Å². The fourth-order valence-electron chi connectivity index (χ4n) is 3.36. The highest BCUT2D eigenvalue weighted by molar-refractivity contribution is 7.87. The molecule has 6 nitrogen and oxygen atoms in total. The summed E-state index contributed by atoms with van der Waals surface area (Å²) in [5, 5.41) is 7.85. The van der Waals surface area contributed by atoms with Crippen LogP contribution in [0.3, 0.4) is 0 Å². The van der Waals surface area contributed by atoms with Crippen molar-refractivity contribution in [2.45, 2.75) is 83.5 Å². The lowest BCUT2D eigenvalue weighted by atomic mass is 10.1. The average molecular weight is 452 g/mol. The lowest BCUT2D eigenvalue weighted by Crippen LogP contribution is -2.31. The van der Waals surface area contributed by atoms with Crippen molar-refractivity contribution in [1.82, 2.24) is 10.0 Å². The van der Waals surface area contributed by atoms with Crippen molar-refractivity contribution in [3.63, 3.8) is 0 Å². The van der Waals surface area contributed by atoms with Gasteiger partial charge in [0.05, 0.1) is 0 Å². The normalized spacial score (nSPS) is 11.8. The van der Waals surface area contributed by atoms with Crippen molar-refractivity contribution in [2.75, 3.05) is 13.1 Å². The summed E-state index contributed by atoms with van der Waals surface area (Å²) in [5.41, 5.74) is 0.728. The first-order valence-electron chi connectivity index (χ1n) is 11.7. The van der Waals surface area contributed by atoms with Crippen LogP contribution in [-0.2, 0) is 10.2 Å². The highest BCUT2D eigenvalue weighted by Crippen LogP contribution is 2.09. The number of carbonyl (C=O) groups is 1. The molecule has 0 aliphatic heterocycles. The molecule has 0 fully saturated rings. The Kier molecular flexibility index (Phi) is 15.8. The van der Waals surface area contributed by atoms with Crippen molar-refractivity contribution < 1.29 is 13.2 Å². The summed E-state index contributed by atoms with van der Waals surface area (Å²) in [6.45, 7) is 1.19. The molecular weight excluding hydrogens is 410 g/mol. The molecule has 176 valence electrons. The number of allylic oxidation sites excluding steroid dienone is 2. The van der Waals surface area contributed by atoms with E-state index in [0.29, 0.717) is 6.54 Å². The highest BCUT2D eigenvalue weighted by atomic mass is 32.2. The van der Waals surface area contributed by atoms with Crippen LogP contribution in [0.15, 0.2) is 42.5 Å². The van der Waals surface area contributed by atoms with Gasteiger partial charge in [0.1, 0.15) is 0 Å². The molecule has 0 heterocycles. The summed E-state index contributed by atoms with van der Waals surface area (Å²) in [6.07, 6.45) is 19.5. The van der Waals surface area contributed by atoms with Gasteiger partial charge in [-0.2, -0.15) is 8.42 Å². The van der Waals surface area contributed by atoms with Gasteiger partial charge in [-0.25, -0.2) is 9.86 Å². The summed E-state index contributed by atoms with van der Waals surface area (Å²) in [7, 11) is -3.53. The maximum Gasteiger partial charge on any atom is 0.274 e. The second-order valence-electron chi connectivity index (χ2n) is 8.00. The molecule has 0 unspecified atom stereocenters. The van der Waals surface area contributed by atoms with Gasteiger partial charge in [-0.05, 0) is 50.7 Å². The van der Waals surface area contributed by atoms with E-state index in [1.807, 2.05) is 30.3 Å². The molecule has 1 aromatic carbocycles. The molecule has 0 saturated heterocycles. The predicted molar refractivity (Wildman–Crippen MR) is 129 cm³/mol. The molecule has 0 aliphatic rings. The molecule has 0 radical (unpaired) electrons. The fraction of sp³-hybridized carbons (Fsp3) is 0.625. The smallest absolute Gasteiger partial charge is 0.274 e. The lowest BCUT2D eigenvalue weighted by molar-refractivity contribution is 0.0953. The molecule has 4 N–H and O–H groups in total. The summed E-state index contributed by atoms with van der Waals surface area (Å²) in [6, 6.07) is 9.36. The topological polar surface area (TPSA) is 101 Å². The van der Waals surface area contributed by atoms with Gasteiger partial charge in [0.25, 0.3) is 16.1 Å². The van der Waals surface area contributed by atoms with Crippen LogP contribution in [0.2, 0.25) is 0 Å². The van der Waals surface area contributed by atoms with Gasteiger partial charge < -0.3 is 5.32 Å². The summed E-state index contributed by atoms with van der Waals surface area (Å²) in [5.74, 6) is 0.0184.